The van der Waals surface area contributed by atoms with Gasteiger partial charge in [0.2, 0.25) is 0 Å². The summed E-state index contributed by atoms with van der Waals surface area (Å²) in [5.74, 6) is 0.0507. The number of para-hydroxylation sites is 1. The van der Waals surface area contributed by atoms with Crippen molar-refractivity contribution >= 4 is 28.5 Å². The Balaban J connectivity index is 1.74. The number of carbonyl (C=O) groups is 1. The summed E-state index contributed by atoms with van der Waals surface area (Å²) >= 11 is 6.19. The van der Waals surface area contributed by atoms with Crippen molar-refractivity contribution in [3.8, 4) is 0 Å². The zero-order valence-corrected chi connectivity index (χ0v) is 16.0. The summed E-state index contributed by atoms with van der Waals surface area (Å²) < 4.78 is 20.9. The zero-order chi connectivity index (χ0) is 19.8. The summed E-state index contributed by atoms with van der Waals surface area (Å²) in [6, 6.07) is 10.7. The number of fused-ring (bicyclic) bond motifs is 1. The molecule has 0 bridgehead atoms. The Kier molecular flexibility index (Phi) is 4.65. The van der Waals surface area contributed by atoms with Crippen LogP contribution in [0.3, 0.4) is 0 Å². The molecular weight excluding hydrogens is 381 g/mol. The van der Waals surface area contributed by atoms with E-state index in [0.29, 0.717) is 27.6 Å². The van der Waals surface area contributed by atoms with Crippen LogP contribution < -0.4 is 5.32 Å². The van der Waals surface area contributed by atoms with E-state index < -0.39 is 11.9 Å². The van der Waals surface area contributed by atoms with Crippen molar-refractivity contribution in [1.29, 1.82) is 0 Å². The van der Waals surface area contributed by atoms with E-state index in [9.17, 15) is 9.18 Å². The van der Waals surface area contributed by atoms with E-state index in [0.717, 1.165) is 5.39 Å². The normalized spacial score (nSPS) is 12.3. The average Bonchev–Trinajstić information content (AvgIpc) is 3.25. The highest BCUT2D eigenvalue weighted by Crippen LogP contribution is 2.31. The number of nitrogens with one attached hydrogen (secondary N) is 1. The fraction of sp³-hybridized carbons (Fsp3) is 0.143. The number of benzene rings is 2. The van der Waals surface area contributed by atoms with Crippen LogP contribution in [0.5, 0.6) is 0 Å². The first kappa shape index (κ1) is 18.3. The minimum Gasteiger partial charge on any atom is -0.449 e. The van der Waals surface area contributed by atoms with Gasteiger partial charge < -0.3 is 14.3 Å². The molecule has 4 rings (SSSR count). The molecular formula is C21H17ClFN3O2. The van der Waals surface area contributed by atoms with Crippen molar-refractivity contribution in [3.63, 3.8) is 0 Å². The number of aryl methyl sites for hydroxylation is 2. The van der Waals surface area contributed by atoms with Crippen LogP contribution in [-0.2, 0) is 7.05 Å². The average molecular weight is 398 g/mol. The molecule has 0 aliphatic heterocycles. The Morgan fingerprint density at radius 3 is 2.64 bits per heavy atom. The van der Waals surface area contributed by atoms with Crippen molar-refractivity contribution in [3.05, 3.63) is 88.4 Å². The number of rotatable bonds is 4. The number of furan rings is 1. The third kappa shape index (κ3) is 3.16. The standard InChI is InChI=1S/C21H17ClFN3O2/c1-12-15-4-3-5-16(22)19(15)28-18(12)21(27)25-17(20-24-10-11-26(20)2)13-6-8-14(23)9-7-13/h3-11,17H,1-2H3,(H,25,27)/t17-/m1/s1. The molecule has 1 atom stereocenters. The van der Waals surface area contributed by atoms with E-state index in [1.165, 1.54) is 12.1 Å². The number of nitrogens with zero attached hydrogens (tertiary/aromatic N) is 2. The third-order valence-corrected chi connectivity index (χ3v) is 5.01. The van der Waals surface area contributed by atoms with E-state index in [4.69, 9.17) is 16.0 Å². The van der Waals surface area contributed by atoms with Gasteiger partial charge in [0.15, 0.2) is 11.3 Å². The van der Waals surface area contributed by atoms with Gasteiger partial charge in [-0.3, -0.25) is 4.79 Å². The van der Waals surface area contributed by atoms with Crippen molar-refractivity contribution in [1.82, 2.24) is 14.9 Å². The quantitative estimate of drug-likeness (QED) is 0.538. The molecule has 28 heavy (non-hydrogen) atoms. The second-order valence-electron chi connectivity index (χ2n) is 6.53. The number of imidazole rings is 1. The van der Waals surface area contributed by atoms with Gasteiger partial charge in [-0.05, 0) is 30.7 Å². The molecule has 0 radical (unpaired) electrons. The van der Waals surface area contributed by atoms with E-state index in [1.54, 1.807) is 35.2 Å². The topological polar surface area (TPSA) is 60.1 Å². The Labute approximate surface area is 165 Å². The van der Waals surface area contributed by atoms with E-state index >= 15 is 0 Å². The number of aromatic nitrogens is 2. The van der Waals surface area contributed by atoms with Crippen molar-refractivity contribution in [2.24, 2.45) is 7.05 Å². The lowest BCUT2D eigenvalue weighted by Crippen LogP contribution is -2.31. The van der Waals surface area contributed by atoms with Crippen LogP contribution in [0.15, 0.2) is 59.3 Å². The molecule has 2 aromatic carbocycles. The summed E-state index contributed by atoms with van der Waals surface area (Å²) in [6.45, 7) is 1.81. The van der Waals surface area contributed by atoms with E-state index in [1.807, 2.05) is 26.1 Å². The van der Waals surface area contributed by atoms with Gasteiger partial charge in [-0.25, -0.2) is 9.37 Å². The van der Waals surface area contributed by atoms with Crippen LogP contribution in [0.4, 0.5) is 4.39 Å². The molecule has 7 heteroatoms. The molecule has 0 saturated heterocycles. The Bertz CT molecular complexity index is 1160. The predicted molar refractivity (Wildman–Crippen MR) is 105 cm³/mol. The molecule has 0 unspecified atom stereocenters. The molecule has 142 valence electrons. The molecule has 0 saturated carbocycles. The molecule has 0 spiro atoms. The van der Waals surface area contributed by atoms with Gasteiger partial charge in [0.25, 0.3) is 5.91 Å². The SMILES string of the molecule is Cc1c(C(=O)N[C@H](c2ccc(F)cc2)c2nccn2C)oc2c(Cl)cccc12. The largest absolute Gasteiger partial charge is 0.449 e. The summed E-state index contributed by atoms with van der Waals surface area (Å²) in [6.07, 6.45) is 3.43. The lowest BCUT2D eigenvalue weighted by Gasteiger charge is -2.18. The Morgan fingerprint density at radius 1 is 1.25 bits per heavy atom. The van der Waals surface area contributed by atoms with Crippen molar-refractivity contribution in [2.45, 2.75) is 13.0 Å². The number of halogens is 2. The highest BCUT2D eigenvalue weighted by molar-refractivity contribution is 6.35. The van der Waals surface area contributed by atoms with Crippen LogP contribution in [0, 0.1) is 12.7 Å². The summed E-state index contributed by atoms with van der Waals surface area (Å²) in [5.41, 5.74) is 1.88. The molecule has 2 aromatic heterocycles. The van der Waals surface area contributed by atoms with Crippen molar-refractivity contribution < 1.29 is 13.6 Å². The zero-order valence-electron chi connectivity index (χ0n) is 15.2. The first-order valence-corrected chi connectivity index (χ1v) is 9.04. The Morgan fingerprint density at radius 2 is 2.00 bits per heavy atom. The van der Waals surface area contributed by atoms with Crippen LogP contribution in [0.1, 0.15) is 33.5 Å². The summed E-state index contributed by atoms with van der Waals surface area (Å²) in [7, 11) is 1.83. The molecule has 1 N–H and O–H groups in total. The van der Waals surface area contributed by atoms with Crippen molar-refractivity contribution in [2.75, 3.05) is 0 Å². The van der Waals surface area contributed by atoms with Crippen LogP contribution >= 0.6 is 11.6 Å². The van der Waals surface area contributed by atoms with Gasteiger partial charge in [0, 0.05) is 30.4 Å². The highest BCUT2D eigenvalue weighted by atomic mass is 35.5. The fourth-order valence-corrected chi connectivity index (χ4v) is 3.44. The van der Waals surface area contributed by atoms with Crippen LogP contribution in [-0.4, -0.2) is 15.5 Å². The minimum absolute atomic E-state index is 0.185. The second kappa shape index (κ2) is 7.13. The van der Waals surface area contributed by atoms with Crippen LogP contribution in [0.2, 0.25) is 5.02 Å². The first-order valence-electron chi connectivity index (χ1n) is 8.67. The van der Waals surface area contributed by atoms with Gasteiger partial charge in [0.1, 0.15) is 17.7 Å². The summed E-state index contributed by atoms with van der Waals surface area (Å²) in [4.78, 5) is 17.4. The summed E-state index contributed by atoms with van der Waals surface area (Å²) in [5, 5.41) is 4.18. The lowest BCUT2D eigenvalue weighted by atomic mass is 10.1. The molecule has 5 nitrogen and oxygen atoms in total. The van der Waals surface area contributed by atoms with Gasteiger partial charge in [-0.15, -0.1) is 0 Å². The number of hydrogen-bond donors (Lipinski definition) is 1. The number of hydrogen-bond acceptors (Lipinski definition) is 3. The number of carbonyl (C=O) groups excluding carboxylic acids is 1. The van der Waals surface area contributed by atoms with E-state index in [2.05, 4.69) is 10.3 Å². The Hall–Kier alpha value is -3.12. The smallest absolute Gasteiger partial charge is 0.288 e. The van der Waals surface area contributed by atoms with Gasteiger partial charge in [0.05, 0.1) is 5.02 Å². The van der Waals surface area contributed by atoms with Gasteiger partial charge in [-0.1, -0.05) is 35.9 Å². The van der Waals surface area contributed by atoms with Gasteiger partial charge in [-0.2, -0.15) is 0 Å². The fourth-order valence-electron chi connectivity index (χ4n) is 3.23. The van der Waals surface area contributed by atoms with Gasteiger partial charge >= 0.3 is 0 Å². The molecule has 0 fully saturated rings. The molecule has 2 heterocycles. The number of amides is 1. The maximum atomic E-state index is 13.4. The maximum absolute atomic E-state index is 13.4. The predicted octanol–water partition coefficient (Wildman–Crippen LogP) is 4.79. The maximum Gasteiger partial charge on any atom is 0.288 e. The molecule has 0 aliphatic carbocycles. The molecule has 4 aromatic rings. The van der Waals surface area contributed by atoms with Crippen LogP contribution in [0.25, 0.3) is 11.0 Å². The third-order valence-electron chi connectivity index (χ3n) is 4.72. The molecule has 0 aliphatic rings. The highest BCUT2D eigenvalue weighted by Gasteiger charge is 2.25. The molecule has 1 amide bonds. The first-order chi connectivity index (χ1) is 13.5. The monoisotopic (exact) mass is 397 g/mol. The second-order valence-corrected chi connectivity index (χ2v) is 6.93. The minimum atomic E-state index is -0.573. The van der Waals surface area contributed by atoms with E-state index in [-0.39, 0.29) is 11.6 Å². The lowest BCUT2D eigenvalue weighted by molar-refractivity contribution is 0.0914.